The number of benzene rings is 1. The van der Waals surface area contributed by atoms with Gasteiger partial charge in [-0.2, -0.15) is 8.42 Å². The van der Waals surface area contributed by atoms with Crippen LogP contribution in [-0.2, 0) is 14.3 Å². The second-order valence-electron chi connectivity index (χ2n) is 6.95. The molecule has 2 aliphatic rings. The highest BCUT2D eigenvalue weighted by Crippen LogP contribution is 2.45. The van der Waals surface area contributed by atoms with Gasteiger partial charge >= 0.3 is 0 Å². The van der Waals surface area contributed by atoms with Crippen molar-refractivity contribution in [1.82, 2.24) is 4.90 Å². The molecule has 2 saturated heterocycles. The van der Waals surface area contributed by atoms with Crippen molar-refractivity contribution >= 4 is 10.1 Å². The summed E-state index contributed by atoms with van der Waals surface area (Å²) in [5.74, 6) is -0.0781. The molecule has 0 bridgehead atoms. The Morgan fingerprint density at radius 2 is 2.00 bits per heavy atom. The maximum atomic E-state index is 12.4. The molecule has 2 fully saturated rings. The molecular weight excluding hydrogens is 330 g/mol. The van der Waals surface area contributed by atoms with Crippen molar-refractivity contribution in [1.29, 1.82) is 0 Å². The van der Waals surface area contributed by atoms with Crippen LogP contribution in [0.2, 0.25) is 0 Å². The number of aliphatic hydroxyl groups excluding tert-OH is 2. The Balaban J connectivity index is 1.74. The lowest BCUT2D eigenvalue weighted by Crippen LogP contribution is -2.47. The molecule has 0 spiro atoms. The average Bonchev–Trinajstić information content (AvgIpc) is 3.10. The summed E-state index contributed by atoms with van der Waals surface area (Å²) in [7, 11) is -3.82. The Morgan fingerprint density at radius 3 is 2.62 bits per heavy atom. The largest absolute Gasteiger partial charge is 0.396 e. The maximum absolute atomic E-state index is 12.4. The molecule has 24 heavy (non-hydrogen) atoms. The zero-order valence-electron chi connectivity index (χ0n) is 13.9. The minimum Gasteiger partial charge on any atom is -0.396 e. The maximum Gasteiger partial charge on any atom is 0.297 e. The van der Waals surface area contributed by atoms with Gasteiger partial charge in [-0.1, -0.05) is 17.7 Å². The first-order valence-corrected chi connectivity index (χ1v) is 9.77. The Labute approximate surface area is 143 Å². The molecule has 1 aromatic carbocycles. The summed E-state index contributed by atoms with van der Waals surface area (Å²) in [6.07, 6.45) is 2.53. The van der Waals surface area contributed by atoms with E-state index in [9.17, 15) is 18.6 Å². The fourth-order valence-corrected chi connectivity index (χ4v) is 5.08. The number of aliphatic hydroxyl groups is 2. The van der Waals surface area contributed by atoms with Crippen LogP contribution >= 0.6 is 0 Å². The highest BCUT2D eigenvalue weighted by atomic mass is 32.2. The topological polar surface area (TPSA) is 87.1 Å². The van der Waals surface area contributed by atoms with Crippen LogP contribution < -0.4 is 0 Å². The van der Waals surface area contributed by atoms with Gasteiger partial charge in [0.05, 0.1) is 18.1 Å². The molecular formula is C17H25NO5S. The molecule has 0 aromatic heterocycles. The van der Waals surface area contributed by atoms with Crippen molar-refractivity contribution in [3.05, 3.63) is 29.8 Å². The lowest BCUT2D eigenvalue weighted by Gasteiger charge is -2.33. The number of rotatable bonds is 6. The molecule has 2 N–H and O–H groups in total. The molecule has 2 heterocycles. The molecule has 0 aliphatic carbocycles. The first kappa shape index (κ1) is 17.8. The molecule has 1 aromatic rings. The molecule has 0 saturated carbocycles. The Bertz CT molecular complexity index is 675. The van der Waals surface area contributed by atoms with Crippen LogP contribution in [0.1, 0.15) is 24.8 Å². The molecule has 3 atom stereocenters. The van der Waals surface area contributed by atoms with Gasteiger partial charge in [0.15, 0.2) is 0 Å². The monoisotopic (exact) mass is 355 g/mol. The molecule has 6 nitrogen and oxygen atoms in total. The predicted octanol–water partition coefficient (Wildman–Crippen LogP) is 0.908. The summed E-state index contributed by atoms with van der Waals surface area (Å²) in [4.78, 5) is 2.28. The summed E-state index contributed by atoms with van der Waals surface area (Å²) in [5.41, 5.74) is 0.657. The number of aryl methyl sites for hydroxylation is 1. The highest BCUT2D eigenvalue weighted by molar-refractivity contribution is 7.86. The first-order valence-electron chi connectivity index (χ1n) is 8.36. The van der Waals surface area contributed by atoms with Gasteiger partial charge in [-0.3, -0.25) is 9.08 Å². The number of nitrogens with zero attached hydrogens (tertiary/aromatic N) is 1. The Hall–Kier alpha value is -0.990. The lowest BCUT2D eigenvalue weighted by molar-refractivity contribution is 0.0588. The Kier molecular flexibility index (Phi) is 4.99. The summed E-state index contributed by atoms with van der Waals surface area (Å²) in [6.45, 7) is 2.70. The molecule has 134 valence electrons. The normalized spacial score (nSPS) is 30.6. The van der Waals surface area contributed by atoms with Crippen LogP contribution in [0.15, 0.2) is 29.2 Å². The summed E-state index contributed by atoms with van der Waals surface area (Å²) >= 11 is 0. The minimum atomic E-state index is -3.82. The van der Waals surface area contributed by atoms with Crippen molar-refractivity contribution in [2.24, 2.45) is 5.92 Å². The number of hydrogen-bond donors (Lipinski definition) is 2. The zero-order valence-corrected chi connectivity index (χ0v) is 14.7. The Morgan fingerprint density at radius 1 is 1.29 bits per heavy atom. The number of fused-ring (bicyclic) bond motifs is 1. The van der Waals surface area contributed by atoms with Crippen molar-refractivity contribution in [3.63, 3.8) is 0 Å². The average molecular weight is 355 g/mol. The smallest absolute Gasteiger partial charge is 0.297 e. The fraction of sp³-hybridized carbons (Fsp3) is 0.647. The van der Waals surface area contributed by atoms with Crippen LogP contribution in [0.25, 0.3) is 0 Å². The molecule has 0 amide bonds. The minimum absolute atomic E-state index is 0.00316. The van der Waals surface area contributed by atoms with E-state index in [2.05, 4.69) is 4.90 Å². The van der Waals surface area contributed by atoms with Crippen LogP contribution in [0.3, 0.4) is 0 Å². The van der Waals surface area contributed by atoms with Crippen molar-refractivity contribution < 1.29 is 22.8 Å². The van der Waals surface area contributed by atoms with E-state index in [4.69, 9.17) is 4.18 Å². The van der Waals surface area contributed by atoms with E-state index in [-0.39, 0.29) is 42.2 Å². The fourth-order valence-electron chi connectivity index (χ4n) is 4.15. The standard InChI is InChI=1S/C17H25NO5S/c1-13-3-5-15(6-4-13)24(21,22)23-11-16-14(10-19)9-17(12-20)7-2-8-18(16)17/h3-6,14,16,19-20H,2,7-12H2,1H3/t14-,16+,17+/m0/s1. The second-order valence-corrected chi connectivity index (χ2v) is 8.56. The SMILES string of the molecule is Cc1ccc(S(=O)(=O)OC[C@@H]2[C@H](CO)C[C@@]3(CO)CCCN23)cc1. The summed E-state index contributed by atoms with van der Waals surface area (Å²) < 4.78 is 30.1. The van der Waals surface area contributed by atoms with E-state index in [1.165, 1.54) is 12.1 Å². The van der Waals surface area contributed by atoms with Crippen molar-refractivity contribution in [2.75, 3.05) is 26.4 Å². The van der Waals surface area contributed by atoms with Crippen LogP contribution in [-0.4, -0.2) is 61.5 Å². The van der Waals surface area contributed by atoms with Gasteiger partial charge in [0.25, 0.3) is 10.1 Å². The summed E-state index contributed by atoms with van der Waals surface area (Å²) in [5, 5.41) is 19.5. The molecule has 0 radical (unpaired) electrons. The van der Waals surface area contributed by atoms with E-state index >= 15 is 0 Å². The van der Waals surface area contributed by atoms with Crippen molar-refractivity contribution in [3.8, 4) is 0 Å². The van der Waals surface area contributed by atoms with Crippen LogP contribution in [0.5, 0.6) is 0 Å². The highest BCUT2D eigenvalue weighted by Gasteiger charge is 2.53. The van der Waals surface area contributed by atoms with Crippen molar-refractivity contribution in [2.45, 2.75) is 42.7 Å². The van der Waals surface area contributed by atoms with Gasteiger partial charge in [0, 0.05) is 24.1 Å². The molecule has 7 heteroatoms. The van der Waals surface area contributed by atoms with E-state index in [0.717, 1.165) is 24.9 Å². The van der Waals surface area contributed by atoms with E-state index < -0.39 is 10.1 Å². The lowest BCUT2D eigenvalue weighted by atomic mass is 9.90. The van der Waals surface area contributed by atoms with Gasteiger partial charge in [0.1, 0.15) is 0 Å². The third-order valence-electron chi connectivity index (χ3n) is 5.47. The quantitative estimate of drug-likeness (QED) is 0.738. The second kappa shape index (κ2) is 6.72. The van der Waals surface area contributed by atoms with Gasteiger partial charge < -0.3 is 10.2 Å². The number of hydrogen-bond acceptors (Lipinski definition) is 6. The van der Waals surface area contributed by atoms with Gasteiger partial charge in [-0.15, -0.1) is 0 Å². The molecule has 3 rings (SSSR count). The van der Waals surface area contributed by atoms with E-state index in [1.54, 1.807) is 12.1 Å². The van der Waals surface area contributed by atoms with E-state index in [1.807, 2.05) is 6.92 Å². The zero-order chi connectivity index (χ0) is 17.4. The third kappa shape index (κ3) is 3.11. The first-order chi connectivity index (χ1) is 11.4. The van der Waals surface area contributed by atoms with Crippen LogP contribution in [0, 0.1) is 12.8 Å². The van der Waals surface area contributed by atoms with Gasteiger partial charge in [-0.25, -0.2) is 0 Å². The van der Waals surface area contributed by atoms with Gasteiger partial charge in [0.2, 0.25) is 0 Å². The van der Waals surface area contributed by atoms with Crippen LogP contribution in [0.4, 0.5) is 0 Å². The summed E-state index contributed by atoms with van der Waals surface area (Å²) in [6, 6.07) is 6.36. The molecule has 0 unspecified atom stereocenters. The third-order valence-corrected chi connectivity index (χ3v) is 6.77. The van der Waals surface area contributed by atoms with E-state index in [0.29, 0.717) is 6.42 Å². The van der Waals surface area contributed by atoms with Gasteiger partial charge in [-0.05, 0) is 44.9 Å². The molecule has 2 aliphatic heterocycles. The predicted molar refractivity (Wildman–Crippen MR) is 89.1 cm³/mol.